The van der Waals surface area contributed by atoms with Crippen molar-refractivity contribution in [2.75, 3.05) is 12.8 Å². The van der Waals surface area contributed by atoms with E-state index in [1.54, 1.807) is 6.07 Å². The fraction of sp³-hybridized carbons (Fsp3) is 0.600. The van der Waals surface area contributed by atoms with E-state index < -0.39 is 10.0 Å². The first kappa shape index (κ1) is 16.1. The van der Waals surface area contributed by atoms with Gasteiger partial charge in [-0.05, 0) is 42.9 Å². The number of rotatable bonds is 5. The van der Waals surface area contributed by atoms with Crippen LogP contribution >= 0.6 is 0 Å². The van der Waals surface area contributed by atoms with Crippen LogP contribution in [0.15, 0.2) is 23.1 Å². The van der Waals surface area contributed by atoms with Crippen LogP contribution in [0.4, 0.5) is 5.69 Å². The quantitative estimate of drug-likeness (QED) is 0.818. The lowest BCUT2D eigenvalue weighted by molar-refractivity contribution is 0.368. The van der Waals surface area contributed by atoms with E-state index in [-0.39, 0.29) is 10.9 Å². The average molecular weight is 312 g/mol. The molecule has 1 aromatic rings. The molecule has 3 unspecified atom stereocenters. The van der Waals surface area contributed by atoms with Gasteiger partial charge in [-0.25, -0.2) is 13.1 Å². The van der Waals surface area contributed by atoms with E-state index in [1.165, 1.54) is 19.2 Å². The summed E-state index contributed by atoms with van der Waals surface area (Å²) in [7, 11) is -2.04. The molecular formula is C15H24N2O3S. The lowest BCUT2D eigenvalue weighted by Gasteiger charge is -2.21. The molecule has 6 heteroatoms. The Morgan fingerprint density at radius 2 is 2.10 bits per heavy atom. The predicted octanol–water partition coefficient (Wildman–Crippen LogP) is 2.38. The molecule has 118 valence electrons. The summed E-state index contributed by atoms with van der Waals surface area (Å²) in [5.74, 6) is 1.44. The Morgan fingerprint density at radius 1 is 1.38 bits per heavy atom. The Kier molecular flexibility index (Phi) is 4.78. The Bertz CT molecular complexity index is 601. The summed E-state index contributed by atoms with van der Waals surface area (Å²) in [6, 6.07) is 4.55. The fourth-order valence-corrected chi connectivity index (χ4v) is 4.53. The SMILES string of the molecule is CCC1CCC(NS(=O)(=O)c2ccc(OC)c(N)c2)C1C. The average Bonchev–Trinajstić information content (AvgIpc) is 2.79. The fourth-order valence-electron chi connectivity index (χ4n) is 3.14. The summed E-state index contributed by atoms with van der Waals surface area (Å²) < 4.78 is 32.8. The molecule has 0 saturated heterocycles. The van der Waals surface area contributed by atoms with Crippen LogP contribution in [0.5, 0.6) is 5.75 Å². The van der Waals surface area contributed by atoms with Gasteiger partial charge in [-0.15, -0.1) is 0 Å². The lowest BCUT2D eigenvalue weighted by atomic mass is 9.94. The van der Waals surface area contributed by atoms with Gasteiger partial charge < -0.3 is 10.5 Å². The highest BCUT2D eigenvalue weighted by Gasteiger charge is 2.34. The normalized spacial score (nSPS) is 26.0. The predicted molar refractivity (Wildman–Crippen MR) is 83.7 cm³/mol. The van der Waals surface area contributed by atoms with Crippen LogP contribution in [0, 0.1) is 11.8 Å². The molecule has 3 N–H and O–H groups in total. The molecule has 5 nitrogen and oxygen atoms in total. The third kappa shape index (κ3) is 3.32. The molecule has 0 bridgehead atoms. The highest BCUT2D eigenvalue weighted by atomic mass is 32.2. The first-order valence-corrected chi connectivity index (χ1v) is 8.83. The number of benzene rings is 1. The Balaban J connectivity index is 2.17. The Hall–Kier alpha value is -1.27. The van der Waals surface area contributed by atoms with Gasteiger partial charge in [-0.1, -0.05) is 20.3 Å². The third-order valence-electron chi connectivity index (χ3n) is 4.57. The zero-order chi connectivity index (χ0) is 15.6. The molecule has 21 heavy (non-hydrogen) atoms. The van der Waals surface area contributed by atoms with E-state index in [9.17, 15) is 8.42 Å². The smallest absolute Gasteiger partial charge is 0.240 e. The highest BCUT2D eigenvalue weighted by Crippen LogP contribution is 2.35. The minimum absolute atomic E-state index is 0.00303. The van der Waals surface area contributed by atoms with Crippen molar-refractivity contribution in [1.29, 1.82) is 0 Å². The number of ether oxygens (including phenoxy) is 1. The van der Waals surface area contributed by atoms with E-state index in [0.717, 1.165) is 19.3 Å². The van der Waals surface area contributed by atoms with E-state index in [0.29, 0.717) is 23.3 Å². The molecule has 1 aliphatic rings. The van der Waals surface area contributed by atoms with Gasteiger partial charge in [0.05, 0.1) is 17.7 Å². The number of anilines is 1. The van der Waals surface area contributed by atoms with Gasteiger partial charge >= 0.3 is 0 Å². The van der Waals surface area contributed by atoms with Crippen molar-refractivity contribution in [3.63, 3.8) is 0 Å². The maximum absolute atomic E-state index is 12.5. The molecule has 0 heterocycles. The second-order valence-electron chi connectivity index (χ2n) is 5.74. The van der Waals surface area contributed by atoms with Crippen LogP contribution < -0.4 is 15.2 Å². The largest absolute Gasteiger partial charge is 0.495 e. The van der Waals surface area contributed by atoms with Gasteiger partial charge in [0, 0.05) is 6.04 Å². The lowest BCUT2D eigenvalue weighted by Crippen LogP contribution is -2.37. The van der Waals surface area contributed by atoms with Crippen LogP contribution in [0.2, 0.25) is 0 Å². The monoisotopic (exact) mass is 312 g/mol. The summed E-state index contributed by atoms with van der Waals surface area (Å²) in [5, 5.41) is 0. The molecule has 1 fully saturated rings. The third-order valence-corrected chi connectivity index (χ3v) is 6.06. The molecule has 0 amide bonds. The second-order valence-corrected chi connectivity index (χ2v) is 7.45. The van der Waals surface area contributed by atoms with Crippen LogP contribution in [-0.2, 0) is 10.0 Å². The molecule has 0 aliphatic heterocycles. The number of methoxy groups -OCH3 is 1. The van der Waals surface area contributed by atoms with Gasteiger partial charge in [0.1, 0.15) is 5.75 Å². The molecule has 1 aliphatic carbocycles. The molecule has 0 aromatic heterocycles. The number of nitrogens with two attached hydrogens (primary N) is 1. The molecule has 0 radical (unpaired) electrons. The summed E-state index contributed by atoms with van der Waals surface area (Å²) >= 11 is 0. The van der Waals surface area contributed by atoms with Crippen LogP contribution in [0.3, 0.4) is 0 Å². The van der Waals surface area contributed by atoms with Crippen molar-refractivity contribution in [1.82, 2.24) is 4.72 Å². The van der Waals surface area contributed by atoms with Crippen molar-refractivity contribution in [3.05, 3.63) is 18.2 Å². The maximum atomic E-state index is 12.5. The first-order valence-electron chi connectivity index (χ1n) is 7.35. The van der Waals surface area contributed by atoms with Crippen molar-refractivity contribution in [3.8, 4) is 5.75 Å². The highest BCUT2D eigenvalue weighted by molar-refractivity contribution is 7.89. The number of hydrogen-bond acceptors (Lipinski definition) is 4. The van der Waals surface area contributed by atoms with Gasteiger partial charge in [-0.2, -0.15) is 0 Å². The van der Waals surface area contributed by atoms with Gasteiger partial charge in [0.25, 0.3) is 0 Å². The van der Waals surface area contributed by atoms with Crippen molar-refractivity contribution in [2.45, 2.75) is 44.0 Å². The Morgan fingerprint density at radius 3 is 2.62 bits per heavy atom. The zero-order valence-corrected chi connectivity index (χ0v) is 13.6. The second kappa shape index (κ2) is 6.23. The molecule has 2 rings (SSSR count). The number of sulfonamides is 1. The van der Waals surface area contributed by atoms with Gasteiger partial charge in [0.2, 0.25) is 10.0 Å². The molecular weight excluding hydrogens is 288 g/mol. The summed E-state index contributed by atoms with van der Waals surface area (Å²) in [6.45, 7) is 4.28. The number of nitrogen functional groups attached to an aromatic ring is 1. The summed E-state index contributed by atoms with van der Waals surface area (Å²) in [5.41, 5.74) is 6.12. The van der Waals surface area contributed by atoms with Crippen LogP contribution in [0.25, 0.3) is 0 Å². The van der Waals surface area contributed by atoms with E-state index in [2.05, 4.69) is 18.6 Å². The van der Waals surface area contributed by atoms with Gasteiger partial charge in [0.15, 0.2) is 0 Å². The van der Waals surface area contributed by atoms with Gasteiger partial charge in [-0.3, -0.25) is 0 Å². The van der Waals surface area contributed by atoms with Crippen LogP contribution in [-0.4, -0.2) is 21.6 Å². The van der Waals surface area contributed by atoms with E-state index in [4.69, 9.17) is 10.5 Å². The zero-order valence-electron chi connectivity index (χ0n) is 12.8. The number of nitrogens with one attached hydrogen (secondary N) is 1. The maximum Gasteiger partial charge on any atom is 0.240 e. The van der Waals surface area contributed by atoms with Crippen LogP contribution in [0.1, 0.15) is 33.1 Å². The summed E-state index contributed by atoms with van der Waals surface area (Å²) in [4.78, 5) is 0.188. The standard InChI is InChI=1S/C15H24N2O3S/c1-4-11-5-7-14(10(11)2)17-21(18,19)12-6-8-15(20-3)13(16)9-12/h6,8-11,14,17H,4-5,7,16H2,1-3H3. The summed E-state index contributed by atoms with van der Waals surface area (Å²) in [6.07, 6.45) is 3.06. The molecule has 1 saturated carbocycles. The van der Waals surface area contributed by atoms with E-state index >= 15 is 0 Å². The molecule has 3 atom stereocenters. The minimum Gasteiger partial charge on any atom is -0.495 e. The minimum atomic E-state index is -3.54. The van der Waals surface area contributed by atoms with Crippen molar-refractivity contribution >= 4 is 15.7 Å². The topological polar surface area (TPSA) is 81.4 Å². The van der Waals surface area contributed by atoms with Crippen molar-refractivity contribution < 1.29 is 13.2 Å². The molecule has 1 aromatic carbocycles. The molecule has 0 spiro atoms. The van der Waals surface area contributed by atoms with E-state index in [1.807, 2.05) is 0 Å². The Labute approximate surface area is 126 Å². The number of hydrogen-bond donors (Lipinski definition) is 2. The first-order chi connectivity index (χ1) is 9.89. The van der Waals surface area contributed by atoms with Crippen molar-refractivity contribution in [2.24, 2.45) is 11.8 Å².